The van der Waals surface area contributed by atoms with E-state index in [1.54, 1.807) is 0 Å². The highest BCUT2D eigenvalue weighted by Crippen LogP contribution is 2.35. The smallest absolute Gasteiger partial charge is 0.242 e. The molecule has 1 amide bonds. The predicted octanol–water partition coefficient (Wildman–Crippen LogP) is 1.27. The quantitative estimate of drug-likeness (QED) is 0.808. The molecule has 6 heteroatoms. The van der Waals surface area contributed by atoms with Crippen molar-refractivity contribution in [1.82, 2.24) is 9.97 Å². The van der Waals surface area contributed by atoms with E-state index < -0.39 is 5.41 Å². The SMILES string of the molecule is CCC1(C)CNc2ncnc(OC)c2NC1=O. The Hall–Kier alpha value is -1.85. The molecule has 0 radical (unpaired) electrons. The zero-order valence-corrected chi connectivity index (χ0v) is 10.2. The van der Waals surface area contributed by atoms with Gasteiger partial charge in [0, 0.05) is 6.54 Å². The van der Waals surface area contributed by atoms with Gasteiger partial charge in [-0.25, -0.2) is 4.98 Å². The summed E-state index contributed by atoms with van der Waals surface area (Å²) >= 11 is 0. The summed E-state index contributed by atoms with van der Waals surface area (Å²) in [5.41, 5.74) is 0.0586. The number of hydrogen-bond acceptors (Lipinski definition) is 5. The van der Waals surface area contributed by atoms with Gasteiger partial charge in [0.05, 0.1) is 12.5 Å². The Kier molecular flexibility index (Phi) is 2.87. The lowest BCUT2D eigenvalue weighted by Crippen LogP contribution is -2.36. The Morgan fingerprint density at radius 1 is 1.53 bits per heavy atom. The lowest BCUT2D eigenvalue weighted by Gasteiger charge is -2.23. The molecule has 0 spiro atoms. The van der Waals surface area contributed by atoms with Crippen LogP contribution in [0.4, 0.5) is 11.5 Å². The molecule has 2 heterocycles. The molecule has 1 unspecified atom stereocenters. The third-order valence-corrected chi connectivity index (χ3v) is 3.22. The maximum atomic E-state index is 12.1. The first-order valence-corrected chi connectivity index (χ1v) is 5.55. The fourth-order valence-corrected chi connectivity index (χ4v) is 1.68. The number of fused-ring (bicyclic) bond motifs is 1. The highest BCUT2D eigenvalue weighted by Gasteiger charge is 2.35. The van der Waals surface area contributed by atoms with Crippen LogP contribution in [0.5, 0.6) is 5.88 Å². The summed E-state index contributed by atoms with van der Waals surface area (Å²) in [6.07, 6.45) is 2.15. The van der Waals surface area contributed by atoms with Crippen LogP contribution in [-0.4, -0.2) is 29.5 Å². The summed E-state index contributed by atoms with van der Waals surface area (Å²) in [4.78, 5) is 20.2. The molecule has 1 aliphatic rings. The topological polar surface area (TPSA) is 76.1 Å². The van der Waals surface area contributed by atoms with Crippen molar-refractivity contribution in [3.05, 3.63) is 6.33 Å². The van der Waals surface area contributed by atoms with Crippen LogP contribution in [-0.2, 0) is 4.79 Å². The zero-order valence-electron chi connectivity index (χ0n) is 10.2. The number of carbonyl (C=O) groups is 1. The van der Waals surface area contributed by atoms with Crippen LogP contribution >= 0.6 is 0 Å². The van der Waals surface area contributed by atoms with Crippen molar-refractivity contribution < 1.29 is 9.53 Å². The molecule has 2 rings (SSSR count). The van der Waals surface area contributed by atoms with Gasteiger partial charge in [-0.1, -0.05) is 6.92 Å². The molecule has 1 aromatic heterocycles. The fraction of sp³-hybridized carbons (Fsp3) is 0.545. The molecule has 0 saturated carbocycles. The van der Waals surface area contributed by atoms with Crippen molar-refractivity contribution in [3.8, 4) is 5.88 Å². The number of nitrogens with zero attached hydrogens (tertiary/aromatic N) is 2. The molecule has 0 aliphatic carbocycles. The minimum atomic E-state index is -0.453. The first kappa shape index (κ1) is 11.6. The summed E-state index contributed by atoms with van der Waals surface area (Å²) in [6.45, 7) is 4.45. The van der Waals surface area contributed by atoms with Gasteiger partial charge < -0.3 is 15.4 Å². The number of methoxy groups -OCH3 is 1. The van der Waals surface area contributed by atoms with Crippen molar-refractivity contribution in [2.75, 3.05) is 24.3 Å². The van der Waals surface area contributed by atoms with Gasteiger partial charge in [0.2, 0.25) is 11.8 Å². The molecule has 2 N–H and O–H groups in total. The Bertz CT molecular complexity index is 449. The lowest BCUT2D eigenvalue weighted by molar-refractivity contribution is -0.124. The maximum Gasteiger partial charge on any atom is 0.242 e. The van der Waals surface area contributed by atoms with Crippen LogP contribution < -0.4 is 15.4 Å². The van der Waals surface area contributed by atoms with E-state index in [0.717, 1.165) is 6.42 Å². The van der Waals surface area contributed by atoms with Crippen LogP contribution in [0.3, 0.4) is 0 Å². The van der Waals surface area contributed by atoms with E-state index in [2.05, 4.69) is 20.6 Å². The van der Waals surface area contributed by atoms with Gasteiger partial charge in [-0.2, -0.15) is 4.98 Å². The zero-order chi connectivity index (χ0) is 12.5. The van der Waals surface area contributed by atoms with E-state index in [-0.39, 0.29) is 5.91 Å². The van der Waals surface area contributed by atoms with Gasteiger partial charge in [0.25, 0.3) is 0 Å². The maximum absolute atomic E-state index is 12.1. The Morgan fingerprint density at radius 2 is 2.29 bits per heavy atom. The average molecular weight is 236 g/mol. The number of carbonyl (C=O) groups excluding carboxylic acids is 1. The van der Waals surface area contributed by atoms with Gasteiger partial charge >= 0.3 is 0 Å². The predicted molar refractivity (Wildman–Crippen MR) is 64.1 cm³/mol. The van der Waals surface area contributed by atoms with Crippen molar-refractivity contribution >= 4 is 17.4 Å². The molecule has 17 heavy (non-hydrogen) atoms. The normalized spacial score (nSPS) is 23.1. The highest BCUT2D eigenvalue weighted by atomic mass is 16.5. The summed E-state index contributed by atoms with van der Waals surface area (Å²) in [5, 5.41) is 5.99. The van der Waals surface area contributed by atoms with E-state index in [1.165, 1.54) is 13.4 Å². The summed E-state index contributed by atoms with van der Waals surface area (Å²) in [5.74, 6) is 0.929. The second-order valence-corrected chi connectivity index (χ2v) is 4.33. The standard InChI is InChI=1S/C11H16N4O2/c1-4-11(2)5-12-8-7(15-10(11)16)9(17-3)14-6-13-8/h6H,4-5H2,1-3H3,(H,15,16)(H,12,13,14). The molecular weight excluding hydrogens is 220 g/mol. The van der Waals surface area contributed by atoms with E-state index in [4.69, 9.17) is 4.74 Å². The largest absolute Gasteiger partial charge is 0.479 e. The van der Waals surface area contributed by atoms with Gasteiger partial charge in [-0.05, 0) is 13.3 Å². The third kappa shape index (κ3) is 1.90. The highest BCUT2D eigenvalue weighted by molar-refractivity contribution is 6.00. The monoisotopic (exact) mass is 236 g/mol. The molecule has 1 aromatic rings. The summed E-state index contributed by atoms with van der Waals surface area (Å²) in [6, 6.07) is 0. The van der Waals surface area contributed by atoms with Gasteiger partial charge in [-0.15, -0.1) is 0 Å². The second-order valence-electron chi connectivity index (χ2n) is 4.33. The molecule has 0 saturated heterocycles. The molecule has 92 valence electrons. The van der Waals surface area contributed by atoms with Gasteiger partial charge in [-0.3, -0.25) is 4.79 Å². The van der Waals surface area contributed by atoms with E-state index in [1.807, 2.05) is 13.8 Å². The molecule has 0 bridgehead atoms. The molecule has 0 fully saturated rings. The van der Waals surface area contributed by atoms with Crippen molar-refractivity contribution in [2.45, 2.75) is 20.3 Å². The number of hydrogen-bond donors (Lipinski definition) is 2. The van der Waals surface area contributed by atoms with Crippen LogP contribution in [0.2, 0.25) is 0 Å². The van der Waals surface area contributed by atoms with Crippen LogP contribution in [0.15, 0.2) is 6.33 Å². The fourth-order valence-electron chi connectivity index (χ4n) is 1.68. The van der Waals surface area contributed by atoms with Crippen LogP contribution in [0.25, 0.3) is 0 Å². The third-order valence-electron chi connectivity index (χ3n) is 3.22. The summed E-state index contributed by atoms with van der Waals surface area (Å²) in [7, 11) is 1.51. The van der Waals surface area contributed by atoms with Crippen LogP contribution in [0.1, 0.15) is 20.3 Å². The Labute approximate surface area is 99.8 Å². The minimum Gasteiger partial charge on any atom is -0.479 e. The molecule has 1 atom stereocenters. The number of anilines is 2. The first-order valence-electron chi connectivity index (χ1n) is 5.55. The number of nitrogens with one attached hydrogen (secondary N) is 2. The number of aromatic nitrogens is 2. The summed E-state index contributed by atoms with van der Waals surface area (Å²) < 4.78 is 5.11. The van der Waals surface area contributed by atoms with Crippen LogP contribution in [0, 0.1) is 5.41 Å². The Morgan fingerprint density at radius 3 is 2.94 bits per heavy atom. The van der Waals surface area contributed by atoms with Gasteiger partial charge in [0.15, 0.2) is 5.82 Å². The number of rotatable bonds is 2. The number of amides is 1. The van der Waals surface area contributed by atoms with E-state index in [0.29, 0.717) is 23.9 Å². The lowest BCUT2D eigenvalue weighted by atomic mass is 9.87. The average Bonchev–Trinajstić information content (AvgIpc) is 2.48. The van der Waals surface area contributed by atoms with Gasteiger partial charge in [0.1, 0.15) is 12.0 Å². The van der Waals surface area contributed by atoms with Crippen molar-refractivity contribution in [3.63, 3.8) is 0 Å². The minimum absolute atomic E-state index is 0.0423. The molecule has 6 nitrogen and oxygen atoms in total. The first-order chi connectivity index (χ1) is 8.10. The Balaban J connectivity index is 2.42. The number of ether oxygens (including phenoxy) is 1. The second kappa shape index (κ2) is 4.20. The molecular formula is C11H16N4O2. The molecule has 1 aliphatic heterocycles. The van der Waals surface area contributed by atoms with Crippen molar-refractivity contribution in [2.24, 2.45) is 5.41 Å². The van der Waals surface area contributed by atoms with E-state index in [9.17, 15) is 4.79 Å². The molecule has 0 aromatic carbocycles. The van der Waals surface area contributed by atoms with Crippen molar-refractivity contribution in [1.29, 1.82) is 0 Å². The van der Waals surface area contributed by atoms with E-state index >= 15 is 0 Å².